The third kappa shape index (κ3) is 3.10. The zero-order valence-corrected chi connectivity index (χ0v) is 21.4. The molecule has 0 bridgehead atoms. The Labute approximate surface area is 222 Å². The first-order valence-electron chi connectivity index (χ1n) is 12.4. The summed E-state index contributed by atoms with van der Waals surface area (Å²) in [4.78, 5) is 0. The Bertz CT molecular complexity index is 2150. The molecular weight excluding hydrogens is 490 g/mol. The summed E-state index contributed by atoms with van der Waals surface area (Å²) in [5.74, 6) is 0. The molecule has 0 aliphatic rings. The largest absolute Gasteiger partial charge is 0.309 e. The van der Waals surface area contributed by atoms with Gasteiger partial charge in [0.15, 0.2) is 0 Å². The Kier molecular flexibility index (Phi) is 4.51. The van der Waals surface area contributed by atoms with E-state index in [2.05, 4.69) is 126 Å². The van der Waals surface area contributed by atoms with E-state index in [0.29, 0.717) is 0 Å². The second-order valence-corrected chi connectivity index (χ2v) is 11.0. The molecule has 8 aromatic rings. The standard InChI is InChI=1S/C34H20ClNS/c35-29-20-23-8-4-5-11-25(23)34-33(29)28-19-21(14-16-30(28)36(34)24-9-2-1-3-10-24)22-15-17-32-27(18-22)26-12-6-7-13-31(26)37-32/h1-20H. The van der Waals surface area contributed by atoms with Crippen molar-refractivity contribution in [1.82, 2.24) is 4.57 Å². The van der Waals surface area contributed by atoms with E-state index in [1.54, 1.807) is 0 Å². The minimum Gasteiger partial charge on any atom is -0.309 e. The molecule has 174 valence electrons. The first kappa shape index (κ1) is 21.0. The van der Waals surface area contributed by atoms with E-state index in [1.807, 2.05) is 11.3 Å². The number of nitrogens with zero attached hydrogens (tertiary/aromatic N) is 1. The van der Waals surface area contributed by atoms with Gasteiger partial charge in [-0.3, -0.25) is 0 Å². The predicted octanol–water partition coefficient (Wildman–Crippen LogP) is 10.6. The summed E-state index contributed by atoms with van der Waals surface area (Å²) in [7, 11) is 0. The molecule has 0 amide bonds. The minimum atomic E-state index is 0.782. The second-order valence-electron chi connectivity index (χ2n) is 9.52. The molecular formula is C34H20ClNS. The number of aromatic nitrogens is 1. The van der Waals surface area contributed by atoms with E-state index in [0.717, 1.165) is 32.5 Å². The Morgan fingerprint density at radius 2 is 1.22 bits per heavy atom. The number of fused-ring (bicyclic) bond motifs is 8. The van der Waals surface area contributed by atoms with Crippen molar-refractivity contribution in [3.05, 3.63) is 126 Å². The molecule has 0 atom stereocenters. The lowest BCUT2D eigenvalue weighted by molar-refractivity contribution is 1.19. The van der Waals surface area contributed by atoms with E-state index < -0.39 is 0 Å². The molecule has 0 aliphatic carbocycles. The molecule has 0 aliphatic heterocycles. The van der Waals surface area contributed by atoms with E-state index in [1.165, 1.54) is 42.1 Å². The van der Waals surface area contributed by atoms with Gasteiger partial charge in [-0.1, -0.05) is 84.4 Å². The van der Waals surface area contributed by atoms with Crippen LogP contribution in [0.1, 0.15) is 0 Å². The molecule has 0 unspecified atom stereocenters. The fourth-order valence-electron chi connectivity index (χ4n) is 5.77. The molecule has 0 saturated carbocycles. The van der Waals surface area contributed by atoms with Gasteiger partial charge in [0.1, 0.15) is 0 Å². The molecule has 2 heterocycles. The van der Waals surface area contributed by atoms with Crippen molar-refractivity contribution in [1.29, 1.82) is 0 Å². The van der Waals surface area contributed by atoms with Gasteiger partial charge in [0.2, 0.25) is 0 Å². The molecule has 1 nitrogen and oxygen atoms in total. The maximum absolute atomic E-state index is 7.03. The smallest absolute Gasteiger partial charge is 0.0634 e. The van der Waals surface area contributed by atoms with Gasteiger partial charge in [-0.25, -0.2) is 0 Å². The van der Waals surface area contributed by atoms with Crippen molar-refractivity contribution < 1.29 is 0 Å². The number of para-hydroxylation sites is 1. The quantitative estimate of drug-likeness (QED) is 0.218. The lowest BCUT2D eigenvalue weighted by Gasteiger charge is -2.10. The summed E-state index contributed by atoms with van der Waals surface area (Å²) in [5, 5.41) is 8.04. The summed E-state index contributed by atoms with van der Waals surface area (Å²) in [6.07, 6.45) is 0. The zero-order chi connectivity index (χ0) is 24.5. The van der Waals surface area contributed by atoms with Gasteiger partial charge in [-0.2, -0.15) is 0 Å². The number of thiophene rings is 1. The maximum Gasteiger partial charge on any atom is 0.0634 e. The fourth-order valence-corrected chi connectivity index (χ4v) is 7.16. The highest BCUT2D eigenvalue weighted by Crippen LogP contribution is 2.43. The van der Waals surface area contributed by atoms with Gasteiger partial charge in [-0.05, 0) is 65.0 Å². The van der Waals surface area contributed by atoms with Gasteiger partial charge < -0.3 is 4.57 Å². The fraction of sp³-hybridized carbons (Fsp3) is 0. The number of halogens is 1. The first-order chi connectivity index (χ1) is 18.3. The summed E-state index contributed by atoms with van der Waals surface area (Å²) >= 11 is 8.88. The highest BCUT2D eigenvalue weighted by atomic mass is 35.5. The van der Waals surface area contributed by atoms with Crippen LogP contribution in [0.3, 0.4) is 0 Å². The third-order valence-electron chi connectivity index (χ3n) is 7.43. The van der Waals surface area contributed by atoms with Gasteiger partial charge in [0, 0.05) is 42.0 Å². The van der Waals surface area contributed by atoms with Crippen molar-refractivity contribution >= 4 is 75.7 Å². The predicted molar refractivity (Wildman–Crippen MR) is 162 cm³/mol. The number of hydrogen-bond acceptors (Lipinski definition) is 1. The minimum absolute atomic E-state index is 0.782. The van der Waals surface area contributed by atoms with Crippen LogP contribution in [0.25, 0.3) is 69.6 Å². The van der Waals surface area contributed by atoms with E-state index >= 15 is 0 Å². The van der Waals surface area contributed by atoms with Crippen LogP contribution in [0.2, 0.25) is 5.02 Å². The molecule has 0 saturated heterocycles. The molecule has 8 rings (SSSR count). The average Bonchev–Trinajstić information content (AvgIpc) is 3.49. The molecule has 2 aromatic heterocycles. The molecule has 6 aromatic carbocycles. The molecule has 0 N–H and O–H groups in total. The van der Waals surface area contributed by atoms with Crippen LogP contribution in [0.4, 0.5) is 0 Å². The third-order valence-corrected chi connectivity index (χ3v) is 8.88. The highest BCUT2D eigenvalue weighted by molar-refractivity contribution is 7.25. The lowest BCUT2D eigenvalue weighted by atomic mass is 10.00. The second kappa shape index (κ2) is 7.94. The van der Waals surface area contributed by atoms with Gasteiger partial charge in [0.05, 0.1) is 16.1 Å². The van der Waals surface area contributed by atoms with Crippen LogP contribution in [0.5, 0.6) is 0 Å². The van der Waals surface area contributed by atoms with Gasteiger partial charge >= 0.3 is 0 Å². The SMILES string of the molecule is Clc1cc2ccccc2c2c1c1cc(-c3ccc4sc5ccccc5c4c3)ccc1n2-c1ccccc1. The Hall–Kier alpha value is -4.11. The topological polar surface area (TPSA) is 4.93 Å². The first-order valence-corrected chi connectivity index (χ1v) is 13.6. The number of benzene rings is 6. The van der Waals surface area contributed by atoms with Crippen molar-refractivity contribution in [3.8, 4) is 16.8 Å². The van der Waals surface area contributed by atoms with E-state index in [-0.39, 0.29) is 0 Å². The van der Waals surface area contributed by atoms with Crippen LogP contribution in [-0.2, 0) is 0 Å². The summed E-state index contributed by atoms with van der Waals surface area (Å²) in [6, 6.07) is 43.5. The molecule has 0 spiro atoms. The van der Waals surface area contributed by atoms with Crippen LogP contribution in [0, 0.1) is 0 Å². The van der Waals surface area contributed by atoms with Crippen molar-refractivity contribution in [2.45, 2.75) is 0 Å². The molecule has 0 radical (unpaired) electrons. The van der Waals surface area contributed by atoms with E-state index in [9.17, 15) is 0 Å². The van der Waals surface area contributed by atoms with Crippen LogP contribution < -0.4 is 0 Å². The molecule has 0 fully saturated rings. The monoisotopic (exact) mass is 509 g/mol. The molecule has 37 heavy (non-hydrogen) atoms. The lowest BCUT2D eigenvalue weighted by Crippen LogP contribution is -1.94. The molecule has 3 heteroatoms. The van der Waals surface area contributed by atoms with Crippen LogP contribution in [0.15, 0.2) is 121 Å². The summed E-state index contributed by atoms with van der Waals surface area (Å²) in [5.41, 5.74) is 5.86. The van der Waals surface area contributed by atoms with Crippen LogP contribution >= 0.6 is 22.9 Å². The normalized spacial score (nSPS) is 11.9. The highest BCUT2D eigenvalue weighted by Gasteiger charge is 2.18. The number of rotatable bonds is 2. The summed E-state index contributed by atoms with van der Waals surface area (Å²) in [6.45, 7) is 0. The number of hydrogen-bond donors (Lipinski definition) is 0. The van der Waals surface area contributed by atoms with Gasteiger partial charge in [0.25, 0.3) is 0 Å². The van der Waals surface area contributed by atoms with Crippen molar-refractivity contribution in [3.63, 3.8) is 0 Å². The Morgan fingerprint density at radius 3 is 2.08 bits per heavy atom. The van der Waals surface area contributed by atoms with Crippen LogP contribution in [-0.4, -0.2) is 4.57 Å². The zero-order valence-electron chi connectivity index (χ0n) is 19.8. The van der Waals surface area contributed by atoms with Gasteiger partial charge in [-0.15, -0.1) is 11.3 Å². The maximum atomic E-state index is 7.03. The average molecular weight is 510 g/mol. The Morgan fingerprint density at radius 1 is 0.541 bits per heavy atom. The van der Waals surface area contributed by atoms with Crippen molar-refractivity contribution in [2.24, 2.45) is 0 Å². The van der Waals surface area contributed by atoms with Crippen molar-refractivity contribution in [2.75, 3.05) is 0 Å². The Balaban J connectivity index is 1.46. The summed E-state index contributed by atoms with van der Waals surface area (Å²) < 4.78 is 5.01. The van der Waals surface area contributed by atoms with E-state index in [4.69, 9.17) is 11.6 Å².